The van der Waals surface area contributed by atoms with E-state index in [4.69, 9.17) is 14.9 Å². The van der Waals surface area contributed by atoms with Crippen LogP contribution in [0.2, 0.25) is 0 Å². The Morgan fingerprint density at radius 1 is 1.06 bits per heavy atom. The number of aryl methyl sites for hydroxylation is 1. The highest BCUT2D eigenvalue weighted by Crippen LogP contribution is 2.29. The number of hydrogen-bond acceptors (Lipinski definition) is 6. The molecule has 2 aromatic carbocycles. The number of hydrogen-bond donors (Lipinski definition) is 3. The fraction of sp³-hybridized carbons (Fsp3) is 0.217. The number of aromatic carboxylic acids is 1. The number of carboxylic acid groups (broad SMARTS) is 1. The first-order chi connectivity index (χ1) is 14.9. The summed E-state index contributed by atoms with van der Waals surface area (Å²) in [7, 11) is 0. The molecule has 8 nitrogen and oxygen atoms in total. The zero-order valence-electron chi connectivity index (χ0n) is 17.3. The van der Waals surface area contributed by atoms with Crippen molar-refractivity contribution in [2.75, 3.05) is 0 Å². The third-order valence-corrected chi connectivity index (χ3v) is 4.54. The van der Waals surface area contributed by atoms with Crippen molar-refractivity contribution in [3.05, 3.63) is 87.6 Å². The van der Waals surface area contributed by atoms with E-state index in [9.17, 15) is 15.0 Å². The number of carbonyl (C=O) groups is 1. The van der Waals surface area contributed by atoms with E-state index in [1.165, 1.54) is 5.34 Å². The number of benzene rings is 2. The number of ether oxygens (including phenoxy) is 1. The summed E-state index contributed by atoms with van der Waals surface area (Å²) >= 11 is 0. The lowest BCUT2D eigenvalue weighted by atomic mass is 9.99. The monoisotopic (exact) mass is 424 g/mol. The second-order valence-electron chi connectivity index (χ2n) is 6.73. The minimum absolute atomic E-state index is 0.0647. The first-order valence-electron chi connectivity index (χ1n) is 9.64. The Balaban J connectivity index is 0.00000107. The van der Waals surface area contributed by atoms with E-state index in [1.54, 1.807) is 6.92 Å². The fourth-order valence-corrected chi connectivity index (χ4v) is 3.15. The Morgan fingerprint density at radius 3 is 2.32 bits per heavy atom. The zero-order chi connectivity index (χ0) is 22.8. The van der Waals surface area contributed by atoms with E-state index in [0.717, 1.165) is 17.7 Å². The Labute approximate surface area is 179 Å². The van der Waals surface area contributed by atoms with Gasteiger partial charge in [0.05, 0.1) is 5.69 Å². The van der Waals surface area contributed by atoms with Crippen LogP contribution in [0.3, 0.4) is 0 Å². The highest BCUT2D eigenvalue weighted by Gasteiger charge is 2.21. The lowest BCUT2D eigenvalue weighted by Gasteiger charge is -2.14. The molecule has 0 aliphatic rings. The summed E-state index contributed by atoms with van der Waals surface area (Å²) in [4.78, 5) is 24.3. The van der Waals surface area contributed by atoms with E-state index in [-0.39, 0.29) is 11.3 Å². The molecule has 162 valence electrons. The maximum atomic E-state index is 11.7. The van der Waals surface area contributed by atoms with Gasteiger partial charge in [0, 0.05) is 12.1 Å². The van der Waals surface area contributed by atoms with E-state index < -0.39 is 5.97 Å². The van der Waals surface area contributed by atoms with Gasteiger partial charge in [0.25, 0.3) is 0 Å². The molecule has 3 N–H and O–H groups in total. The quantitative estimate of drug-likeness (QED) is 0.348. The van der Waals surface area contributed by atoms with Crippen molar-refractivity contribution in [3.8, 4) is 17.2 Å². The molecule has 3 aromatic rings. The van der Waals surface area contributed by atoms with E-state index >= 15 is 0 Å². The molecule has 0 fully saturated rings. The molecule has 0 aliphatic carbocycles. The zero-order valence-corrected chi connectivity index (χ0v) is 17.3. The maximum Gasteiger partial charge on any atom is 0.339 e. The van der Waals surface area contributed by atoms with Crippen molar-refractivity contribution in [2.24, 2.45) is 5.34 Å². The third-order valence-electron chi connectivity index (χ3n) is 4.54. The Hall–Kier alpha value is -3.94. The van der Waals surface area contributed by atoms with Crippen LogP contribution in [0.25, 0.3) is 0 Å². The Morgan fingerprint density at radius 2 is 1.71 bits per heavy atom. The molecule has 0 saturated carbocycles. The van der Waals surface area contributed by atoms with Gasteiger partial charge in [-0.25, -0.2) is 4.79 Å². The van der Waals surface area contributed by atoms with Gasteiger partial charge in [-0.2, -0.15) is 0 Å². The molecule has 3 rings (SSSR count). The lowest BCUT2D eigenvalue weighted by molar-refractivity contribution is 0.0692. The van der Waals surface area contributed by atoms with Crippen LogP contribution in [0.5, 0.6) is 17.2 Å². The Bertz CT molecular complexity index is 1040. The minimum atomic E-state index is -1.14. The standard InChI is InChI=1S/C23H23NO4.HNO2/c1-3-8-19-22(25)21(23(26)27)15(2)20(24-19)14-16-9-7-12-18(13-16)28-17-10-5-4-6-11-17;2-1-3/h4-7,9-13,25H,3,8,14H2,1-2H3,(H,26,27);(H,2,3). The van der Waals surface area contributed by atoms with E-state index in [0.29, 0.717) is 35.5 Å². The average Bonchev–Trinajstić information content (AvgIpc) is 2.73. The second kappa shape index (κ2) is 11.3. The van der Waals surface area contributed by atoms with Crippen LogP contribution in [0, 0.1) is 11.8 Å². The topological polar surface area (TPSA) is 129 Å². The molecule has 0 atom stereocenters. The number of pyridine rings is 1. The van der Waals surface area contributed by atoms with Gasteiger partial charge in [-0.1, -0.05) is 43.7 Å². The fourth-order valence-electron chi connectivity index (χ4n) is 3.15. The molecule has 0 aliphatic heterocycles. The van der Waals surface area contributed by atoms with Crippen molar-refractivity contribution < 1.29 is 25.0 Å². The molecule has 0 spiro atoms. The third kappa shape index (κ3) is 6.27. The van der Waals surface area contributed by atoms with Gasteiger partial charge in [-0.05, 0) is 48.7 Å². The van der Waals surface area contributed by atoms with Crippen LogP contribution in [-0.4, -0.2) is 26.4 Å². The molecular formula is C23H24N2O6. The molecule has 1 heterocycles. The summed E-state index contributed by atoms with van der Waals surface area (Å²) in [6, 6.07) is 17.1. The molecule has 31 heavy (non-hydrogen) atoms. The van der Waals surface area contributed by atoms with Gasteiger partial charge in [-0.3, -0.25) is 4.98 Å². The number of aromatic hydroxyl groups is 1. The van der Waals surface area contributed by atoms with Crippen LogP contribution >= 0.6 is 0 Å². The van der Waals surface area contributed by atoms with Crippen molar-refractivity contribution in [1.29, 1.82) is 0 Å². The predicted molar refractivity (Wildman–Crippen MR) is 115 cm³/mol. The summed E-state index contributed by atoms with van der Waals surface area (Å²) in [5.74, 6) is 0.0817. The van der Waals surface area contributed by atoms with Gasteiger partial charge in [-0.15, -0.1) is 4.91 Å². The van der Waals surface area contributed by atoms with Crippen molar-refractivity contribution in [2.45, 2.75) is 33.1 Å². The number of carboxylic acids is 1. The summed E-state index contributed by atoms with van der Waals surface area (Å²) in [6.45, 7) is 3.65. The van der Waals surface area contributed by atoms with Crippen LogP contribution in [0.15, 0.2) is 59.9 Å². The van der Waals surface area contributed by atoms with Gasteiger partial charge in [0.15, 0.2) is 11.1 Å². The molecule has 0 amide bonds. The molecule has 1 aromatic heterocycles. The van der Waals surface area contributed by atoms with Crippen LogP contribution in [0.4, 0.5) is 0 Å². The first kappa shape index (κ1) is 23.3. The van der Waals surface area contributed by atoms with Gasteiger partial charge in [0.2, 0.25) is 0 Å². The minimum Gasteiger partial charge on any atom is -0.505 e. The lowest BCUT2D eigenvalue weighted by Crippen LogP contribution is -2.09. The van der Waals surface area contributed by atoms with Crippen molar-refractivity contribution in [1.82, 2.24) is 4.98 Å². The number of aromatic nitrogens is 1. The predicted octanol–water partition coefficient (Wildman–Crippen LogP) is 5.27. The van der Waals surface area contributed by atoms with Crippen molar-refractivity contribution >= 4 is 5.97 Å². The highest BCUT2D eigenvalue weighted by molar-refractivity contribution is 5.93. The van der Waals surface area contributed by atoms with Gasteiger partial charge >= 0.3 is 5.97 Å². The van der Waals surface area contributed by atoms with E-state index in [2.05, 4.69) is 4.98 Å². The molecule has 0 radical (unpaired) electrons. The normalized spacial score (nSPS) is 10.0. The van der Waals surface area contributed by atoms with Crippen LogP contribution in [0.1, 0.15) is 46.2 Å². The van der Waals surface area contributed by atoms with Crippen molar-refractivity contribution in [3.63, 3.8) is 0 Å². The summed E-state index contributed by atoms with van der Waals surface area (Å²) in [5, 5.41) is 27.7. The largest absolute Gasteiger partial charge is 0.505 e. The summed E-state index contributed by atoms with van der Waals surface area (Å²) in [5.41, 5.74) is 2.45. The molecule has 0 bridgehead atoms. The van der Waals surface area contributed by atoms with Crippen LogP contribution in [-0.2, 0) is 12.8 Å². The first-order valence-corrected chi connectivity index (χ1v) is 9.64. The molecule has 0 saturated heterocycles. The molecule has 8 heteroatoms. The van der Waals surface area contributed by atoms with E-state index in [1.807, 2.05) is 61.5 Å². The SMILES string of the molecule is CCCc1nc(Cc2cccc(Oc3ccccc3)c2)c(C)c(C(=O)O)c1O.O=NO. The smallest absolute Gasteiger partial charge is 0.339 e. The average molecular weight is 424 g/mol. The number of para-hydroxylation sites is 1. The van der Waals surface area contributed by atoms with Gasteiger partial charge < -0.3 is 20.2 Å². The molecular weight excluding hydrogens is 400 g/mol. The van der Waals surface area contributed by atoms with Crippen LogP contribution < -0.4 is 4.74 Å². The number of rotatable bonds is 7. The summed E-state index contributed by atoms with van der Waals surface area (Å²) < 4.78 is 5.88. The molecule has 0 unspecified atom stereocenters. The Kier molecular flexibility index (Phi) is 8.51. The maximum absolute atomic E-state index is 11.7. The highest BCUT2D eigenvalue weighted by atomic mass is 16.6. The van der Waals surface area contributed by atoms with Gasteiger partial charge in [0.1, 0.15) is 17.1 Å². The number of nitrogens with zero attached hydrogens (tertiary/aromatic N) is 2. The summed E-state index contributed by atoms with van der Waals surface area (Å²) in [6.07, 6.45) is 1.74. The second-order valence-corrected chi connectivity index (χ2v) is 6.73.